The van der Waals surface area contributed by atoms with Crippen LogP contribution in [0.3, 0.4) is 0 Å². The predicted molar refractivity (Wildman–Crippen MR) is 82.2 cm³/mol. The lowest BCUT2D eigenvalue weighted by Crippen LogP contribution is -2.23. The second-order valence-corrected chi connectivity index (χ2v) is 5.75. The molecule has 0 aliphatic heterocycles. The lowest BCUT2D eigenvalue weighted by atomic mass is 9.97. The zero-order valence-electron chi connectivity index (χ0n) is 11.7. The average Bonchev–Trinajstić information content (AvgIpc) is 2.78. The number of nitrogens with zero attached hydrogens (tertiary/aromatic N) is 2. The highest BCUT2D eigenvalue weighted by Gasteiger charge is 2.16. The number of nitrogens with one attached hydrogen (secondary N) is 1. The SMILES string of the molecule is CCCNC(c1cnn(C)c1)c1ccc(Br)cc1C. The molecule has 0 saturated heterocycles. The van der Waals surface area contributed by atoms with E-state index in [1.165, 1.54) is 16.7 Å². The van der Waals surface area contributed by atoms with Crippen LogP contribution >= 0.6 is 15.9 Å². The molecule has 102 valence electrons. The van der Waals surface area contributed by atoms with Crippen LogP contribution in [0.4, 0.5) is 0 Å². The van der Waals surface area contributed by atoms with Crippen molar-refractivity contribution in [2.75, 3.05) is 6.54 Å². The van der Waals surface area contributed by atoms with E-state index in [9.17, 15) is 0 Å². The van der Waals surface area contributed by atoms with Crippen molar-refractivity contribution < 1.29 is 0 Å². The first kappa shape index (κ1) is 14.3. The number of aryl methyl sites for hydroxylation is 2. The fraction of sp³-hybridized carbons (Fsp3) is 0.400. The number of benzene rings is 1. The van der Waals surface area contributed by atoms with Gasteiger partial charge in [-0.3, -0.25) is 4.68 Å². The maximum atomic E-state index is 4.29. The molecule has 0 aliphatic carbocycles. The van der Waals surface area contributed by atoms with Gasteiger partial charge in [0.1, 0.15) is 0 Å². The molecule has 0 radical (unpaired) electrons. The maximum Gasteiger partial charge on any atom is 0.0610 e. The van der Waals surface area contributed by atoms with E-state index in [1.54, 1.807) is 0 Å². The van der Waals surface area contributed by atoms with Gasteiger partial charge >= 0.3 is 0 Å². The Balaban J connectivity index is 2.36. The van der Waals surface area contributed by atoms with Gasteiger partial charge in [-0.2, -0.15) is 5.10 Å². The van der Waals surface area contributed by atoms with Crippen molar-refractivity contribution in [2.45, 2.75) is 26.3 Å². The Labute approximate surface area is 123 Å². The molecule has 2 aromatic rings. The highest BCUT2D eigenvalue weighted by atomic mass is 79.9. The third kappa shape index (κ3) is 3.45. The van der Waals surface area contributed by atoms with Crippen LogP contribution in [0.2, 0.25) is 0 Å². The Kier molecular flexibility index (Phi) is 4.77. The smallest absolute Gasteiger partial charge is 0.0610 e. The van der Waals surface area contributed by atoms with Crippen LogP contribution in [0, 0.1) is 6.92 Å². The Bertz CT molecular complexity index is 548. The number of rotatable bonds is 5. The molecule has 1 unspecified atom stereocenters. The molecule has 1 atom stereocenters. The minimum absolute atomic E-state index is 0.210. The number of hydrogen-bond acceptors (Lipinski definition) is 2. The normalized spacial score (nSPS) is 12.6. The van der Waals surface area contributed by atoms with Crippen molar-refractivity contribution >= 4 is 15.9 Å². The van der Waals surface area contributed by atoms with Crippen molar-refractivity contribution in [1.29, 1.82) is 0 Å². The van der Waals surface area contributed by atoms with Crippen LogP contribution in [0.15, 0.2) is 35.1 Å². The first-order chi connectivity index (χ1) is 9.11. The van der Waals surface area contributed by atoms with E-state index in [0.29, 0.717) is 0 Å². The van der Waals surface area contributed by atoms with Gasteiger partial charge in [0.15, 0.2) is 0 Å². The van der Waals surface area contributed by atoms with Crippen LogP contribution in [0.5, 0.6) is 0 Å². The van der Waals surface area contributed by atoms with Crippen LogP contribution in [-0.4, -0.2) is 16.3 Å². The third-order valence-corrected chi connectivity index (χ3v) is 3.69. The first-order valence-corrected chi connectivity index (χ1v) is 7.39. The summed E-state index contributed by atoms with van der Waals surface area (Å²) in [6.07, 6.45) is 5.13. The van der Waals surface area contributed by atoms with E-state index in [2.05, 4.69) is 64.6 Å². The van der Waals surface area contributed by atoms with Gasteiger partial charge in [0.05, 0.1) is 12.2 Å². The second-order valence-electron chi connectivity index (χ2n) is 4.84. The van der Waals surface area contributed by atoms with Gasteiger partial charge in [0.2, 0.25) is 0 Å². The lowest BCUT2D eigenvalue weighted by Gasteiger charge is -2.20. The number of aromatic nitrogens is 2. The molecule has 19 heavy (non-hydrogen) atoms. The second kappa shape index (κ2) is 6.35. The standard InChI is InChI=1S/C15H20BrN3/c1-4-7-17-15(12-9-18-19(3)10-12)14-6-5-13(16)8-11(14)2/h5-6,8-10,15,17H,4,7H2,1-3H3. The molecule has 3 nitrogen and oxygen atoms in total. The molecule has 0 fully saturated rings. The predicted octanol–water partition coefficient (Wildman–Crippen LogP) is 3.58. The van der Waals surface area contributed by atoms with Gasteiger partial charge in [-0.25, -0.2) is 0 Å². The molecule has 1 aromatic heterocycles. The van der Waals surface area contributed by atoms with E-state index >= 15 is 0 Å². The summed E-state index contributed by atoms with van der Waals surface area (Å²) in [6.45, 7) is 5.33. The summed E-state index contributed by atoms with van der Waals surface area (Å²) in [5.74, 6) is 0. The van der Waals surface area contributed by atoms with Crippen LogP contribution in [-0.2, 0) is 7.05 Å². The summed E-state index contributed by atoms with van der Waals surface area (Å²) in [4.78, 5) is 0. The van der Waals surface area contributed by atoms with Gasteiger partial charge < -0.3 is 5.32 Å². The molecule has 0 amide bonds. The fourth-order valence-corrected chi connectivity index (χ4v) is 2.72. The van der Waals surface area contributed by atoms with Crippen molar-refractivity contribution in [3.63, 3.8) is 0 Å². The Hall–Kier alpha value is -1.13. The quantitative estimate of drug-likeness (QED) is 0.912. The zero-order valence-corrected chi connectivity index (χ0v) is 13.2. The molecule has 1 N–H and O–H groups in total. The molecular weight excluding hydrogens is 302 g/mol. The molecule has 0 saturated carbocycles. The molecule has 1 heterocycles. The topological polar surface area (TPSA) is 29.9 Å². The van der Waals surface area contributed by atoms with Crippen molar-refractivity contribution in [1.82, 2.24) is 15.1 Å². The average molecular weight is 322 g/mol. The van der Waals surface area contributed by atoms with Gasteiger partial charge in [0.25, 0.3) is 0 Å². The highest BCUT2D eigenvalue weighted by Crippen LogP contribution is 2.26. The van der Waals surface area contributed by atoms with E-state index in [0.717, 1.165) is 17.4 Å². The van der Waals surface area contributed by atoms with Gasteiger partial charge in [0, 0.05) is 23.3 Å². The van der Waals surface area contributed by atoms with Crippen molar-refractivity contribution in [3.8, 4) is 0 Å². The Morgan fingerprint density at radius 2 is 2.21 bits per heavy atom. The minimum Gasteiger partial charge on any atom is -0.306 e. The van der Waals surface area contributed by atoms with Crippen LogP contribution in [0.1, 0.15) is 36.1 Å². The third-order valence-electron chi connectivity index (χ3n) is 3.20. The molecule has 1 aromatic carbocycles. The van der Waals surface area contributed by atoms with E-state index in [4.69, 9.17) is 0 Å². The van der Waals surface area contributed by atoms with E-state index in [-0.39, 0.29) is 6.04 Å². The summed E-state index contributed by atoms with van der Waals surface area (Å²) < 4.78 is 2.97. The van der Waals surface area contributed by atoms with Crippen LogP contribution in [0.25, 0.3) is 0 Å². The summed E-state index contributed by atoms with van der Waals surface area (Å²) in [5, 5.41) is 7.89. The van der Waals surface area contributed by atoms with E-state index in [1.807, 2.05) is 17.9 Å². The summed E-state index contributed by atoms with van der Waals surface area (Å²) >= 11 is 3.52. The van der Waals surface area contributed by atoms with Gasteiger partial charge in [-0.15, -0.1) is 0 Å². The van der Waals surface area contributed by atoms with Crippen molar-refractivity contribution in [3.05, 3.63) is 51.8 Å². The zero-order chi connectivity index (χ0) is 13.8. The lowest BCUT2D eigenvalue weighted by molar-refractivity contribution is 0.595. The fourth-order valence-electron chi connectivity index (χ4n) is 2.25. The molecular formula is C15H20BrN3. The maximum absolute atomic E-state index is 4.29. The Morgan fingerprint density at radius 1 is 1.42 bits per heavy atom. The molecule has 0 aliphatic rings. The largest absolute Gasteiger partial charge is 0.306 e. The van der Waals surface area contributed by atoms with Gasteiger partial charge in [-0.1, -0.05) is 28.9 Å². The highest BCUT2D eigenvalue weighted by molar-refractivity contribution is 9.10. The molecule has 0 bridgehead atoms. The number of hydrogen-bond donors (Lipinski definition) is 1. The minimum atomic E-state index is 0.210. The van der Waals surface area contributed by atoms with Gasteiger partial charge in [-0.05, 0) is 43.1 Å². The molecule has 0 spiro atoms. The summed E-state index contributed by atoms with van der Waals surface area (Å²) in [6, 6.07) is 6.65. The first-order valence-electron chi connectivity index (χ1n) is 6.59. The summed E-state index contributed by atoms with van der Waals surface area (Å²) in [7, 11) is 1.95. The number of halogens is 1. The summed E-state index contributed by atoms with van der Waals surface area (Å²) in [5.41, 5.74) is 3.80. The monoisotopic (exact) mass is 321 g/mol. The van der Waals surface area contributed by atoms with E-state index < -0.39 is 0 Å². The van der Waals surface area contributed by atoms with Crippen molar-refractivity contribution in [2.24, 2.45) is 7.05 Å². The molecule has 4 heteroatoms. The van der Waals surface area contributed by atoms with Crippen LogP contribution < -0.4 is 5.32 Å². The molecule has 2 rings (SSSR count). The Morgan fingerprint density at radius 3 is 2.79 bits per heavy atom.